The van der Waals surface area contributed by atoms with E-state index in [1.54, 1.807) is 0 Å². The molecule has 154 valence electrons. The second-order valence-electron chi connectivity index (χ2n) is 7.45. The Labute approximate surface area is 162 Å². The fourth-order valence-corrected chi connectivity index (χ4v) is 4.18. The zero-order valence-electron chi connectivity index (χ0n) is 16.0. The molecule has 2 N–H and O–H groups in total. The second-order valence-corrected chi connectivity index (χ2v) is 7.45. The Morgan fingerprint density at radius 2 is 1.89 bits per heavy atom. The Morgan fingerprint density at radius 1 is 1.18 bits per heavy atom. The lowest BCUT2D eigenvalue weighted by Crippen LogP contribution is -2.58. The van der Waals surface area contributed by atoms with Gasteiger partial charge in [-0.05, 0) is 12.8 Å². The number of nitrogens with zero attached hydrogens (tertiary/aromatic N) is 2. The number of urea groups is 1. The summed E-state index contributed by atoms with van der Waals surface area (Å²) < 4.78 is 4.60. The standard InChI is InChI=1S/C18H26N4O6/c1-28-14(24)11-12-15(25)19-8-10-21(12)13(23)5-9-22-16(26)18(20-17(22)27)6-3-2-4-7-18/h12H,2-11H2,1H3,(H,19,25)(H,20,27). The number of ether oxygens (including phenoxy) is 1. The molecule has 0 aromatic rings. The van der Waals surface area contributed by atoms with E-state index in [1.165, 1.54) is 12.0 Å². The number of rotatable bonds is 5. The molecule has 0 aromatic carbocycles. The van der Waals surface area contributed by atoms with Gasteiger partial charge in [-0.15, -0.1) is 0 Å². The molecule has 3 aliphatic rings. The molecule has 1 aliphatic carbocycles. The molecule has 0 aromatic heterocycles. The lowest BCUT2D eigenvalue weighted by Gasteiger charge is -2.35. The summed E-state index contributed by atoms with van der Waals surface area (Å²) in [5, 5.41) is 5.44. The molecular weight excluding hydrogens is 368 g/mol. The first kappa shape index (κ1) is 20.1. The highest BCUT2D eigenvalue weighted by Crippen LogP contribution is 2.33. The van der Waals surface area contributed by atoms with Crippen molar-refractivity contribution >= 4 is 29.7 Å². The predicted octanol–water partition coefficient (Wildman–Crippen LogP) is -0.479. The Hall–Kier alpha value is -2.65. The molecule has 1 atom stereocenters. The Morgan fingerprint density at radius 3 is 2.57 bits per heavy atom. The van der Waals surface area contributed by atoms with Gasteiger partial charge in [0.2, 0.25) is 11.8 Å². The van der Waals surface area contributed by atoms with Crippen molar-refractivity contribution in [3.05, 3.63) is 0 Å². The van der Waals surface area contributed by atoms with Crippen LogP contribution in [-0.4, -0.2) is 77.8 Å². The summed E-state index contributed by atoms with van der Waals surface area (Å²) in [6.07, 6.45) is 3.72. The molecule has 2 saturated heterocycles. The highest BCUT2D eigenvalue weighted by atomic mass is 16.5. The Kier molecular flexibility index (Phi) is 5.85. The molecule has 2 aliphatic heterocycles. The molecule has 0 bridgehead atoms. The first-order valence-corrected chi connectivity index (χ1v) is 9.66. The maximum Gasteiger partial charge on any atom is 0.325 e. The quantitative estimate of drug-likeness (QED) is 0.479. The number of carbonyl (C=O) groups excluding carboxylic acids is 5. The number of hydrogen-bond acceptors (Lipinski definition) is 6. The number of methoxy groups -OCH3 is 1. The van der Waals surface area contributed by atoms with Gasteiger partial charge >= 0.3 is 12.0 Å². The molecule has 10 nitrogen and oxygen atoms in total. The molecule has 1 saturated carbocycles. The van der Waals surface area contributed by atoms with Crippen molar-refractivity contribution in [1.29, 1.82) is 0 Å². The first-order valence-electron chi connectivity index (χ1n) is 9.66. The molecule has 0 radical (unpaired) electrons. The molecule has 2 heterocycles. The van der Waals surface area contributed by atoms with Gasteiger partial charge in [-0.3, -0.25) is 24.1 Å². The van der Waals surface area contributed by atoms with E-state index >= 15 is 0 Å². The van der Waals surface area contributed by atoms with Crippen molar-refractivity contribution in [2.24, 2.45) is 0 Å². The van der Waals surface area contributed by atoms with Crippen LogP contribution in [0.3, 0.4) is 0 Å². The van der Waals surface area contributed by atoms with Crippen LogP contribution in [0.4, 0.5) is 4.79 Å². The third-order valence-electron chi connectivity index (χ3n) is 5.74. The molecule has 1 unspecified atom stereocenters. The summed E-state index contributed by atoms with van der Waals surface area (Å²) in [6.45, 7) is 0.499. The van der Waals surface area contributed by atoms with E-state index in [-0.39, 0.29) is 44.3 Å². The number of hydrogen-bond donors (Lipinski definition) is 2. The zero-order valence-corrected chi connectivity index (χ0v) is 16.0. The maximum absolute atomic E-state index is 12.8. The summed E-state index contributed by atoms with van der Waals surface area (Å²) in [7, 11) is 1.22. The number of carbonyl (C=O) groups is 5. The minimum absolute atomic E-state index is 0.0473. The van der Waals surface area contributed by atoms with E-state index in [4.69, 9.17) is 0 Å². The van der Waals surface area contributed by atoms with Gasteiger partial charge in [0.05, 0.1) is 13.5 Å². The normalized spacial score (nSPS) is 24.2. The van der Waals surface area contributed by atoms with Crippen molar-refractivity contribution in [1.82, 2.24) is 20.4 Å². The third kappa shape index (κ3) is 3.81. The van der Waals surface area contributed by atoms with Gasteiger partial charge in [0.25, 0.3) is 5.91 Å². The molecule has 3 fully saturated rings. The van der Waals surface area contributed by atoms with Gasteiger partial charge in [0.15, 0.2) is 0 Å². The highest BCUT2D eigenvalue weighted by molar-refractivity contribution is 6.07. The van der Waals surface area contributed by atoms with Crippen molar-refractivity contribution in [3.8, 4) is 0 Å². The van der Waals surface area contributed by atoms with Crippen LogP contribution in [0.5, 0.6) is 0 Å². The molecule has 28 heavy (non-hydrogen) atoms. The molecule has 3 rings (SSSR count). The molecular formula is C18H26N4O6. The van der Waals surface area contributed by atoms with Crippen LogP contribution >= 0.6 is 0 Å². The number of esters is 1. The zero-order chi connectivity index (χ0) is 20.3. The minimum atomic E-state index is -0.943. The van der Waals surface area contributed by atoms with Gasteiger partial charge in [0.1, 0.15) is 11.6 Å². The van der Waals surface area contributed by atoms with E-state index in [2.05, 4.69) is 15.4 Å². The van der Waals surface area contributed by atoms with E-state index in [1.807, 2.05) is 0 Å². The van der Waals surface area contributed by atoms with Crippen LogP contribution in [0.15, 0.2) is 0 Å². The van der Waals surface area contributed by atoms with Gasteiger partial charge in [-0.1, -0.05) is 19.3 Å². The number of imide groups is 1. The van der Waals surface area contributed by atoms with Crippen LogP contribution in [0.2, 0.25) is 0 Å². The summed E-state index contributed by atoms with van der Waals surface area (Å²) in [4.78, 5) is 63.8. The largest absolute Gasteiger partial charge is 0.469 e. The first-order chi connectivity index (χ1) is 13.4. The Bertz CT molecular complexity index is 688. The molecule has 1 spiro atoms. The van der Waals surface area contributed by atoms with Crippen molar-refractivity contribution in [2.75, 3.05) is 26.7 Å². The maximum atomic E-state index is 12.8. The average molecular weight is 394 g/mol. The fourth-order valence-electron chi connectivity index (χ4n) is 4.18. The van der Waals surface area contributed by atoms with Crippen molar-refractivity contribution in [2.45, 2.75) is 56.5 Å². The number of nitrogens with one attached hydrogen (secondary N) is 2. The van der Waals surface area contributed by atoms with Crippen molar-refractivity contribution in [3.63, 3.8) is 0 Å². The van der Waals surface area contributed by atoms with E-state index < -0.39 is 29.5 Å². The monoisotopic (exact) mass is 394 g/mol. The smallest absolute Gasteiger partial charge is 0.325 e. The minimum Gasteiger partial charge on any atom is -0.469 e. The summed E-state index contributed by atoms with van der Waals surface area (Å²) in [5.41, 5.74) is -0.823. The number of amides is 5. The van der Waals surface area contributed by atoms with Crippen LogP contribution in [0.1, 0.15) is 44.9 Å². The van der Waals surface area contributed by atoms with Crippen LogP contribution < -0.4 is 10.6 Å². The third-order valence-corrected chi connectivity index (χ3v) is 5.74. The lowest BCUT2D eigenvalue weighted by atomic mass is 9.82. The molecule has 10 heteroatoms. The Balaban J connectivity index is 1.62. The summed E-state index contributed by atoms with van der Waals surface area (Å²) >= 11 is 0. The van der Waals surface area contributed by atoms with E-state index in [0.717, 1.165) is 24.2 Å². The molecule has 5 amide bonds. The van der Waals surface area contributed by atoms with Gasteiger partial charge < -0.3 is 20.3 Å². The summed E-state index contributed by atoms with van der Waals surface area (Å²) in [6, 6.07) is -1.41. The predicted molar refractivity (Wildman–Crippen MR) is 95.8 cm³/mol. The van der Waals surface area contributed by atoms with Crippen LogP contribution in [-0.2, 0) is 23.9 Å². The van der Waals surface area contributed by atoms with Crippen LogP contribution in [0, 0.1) is 0 Å². The van der Waals surface area contributed by atoms with Gasteiger partial charge in [-0.25, -0.2) is 4.79 Å². The highest BCUT2D eigenvalue weighted by Gasteiger charge is 2.51. The van der Waals surface area contributed by atoms with E-state index in [0.29, 0.717) is 12.8 Å². The second kappa shape index (κ2) is 8.15. The van der Waals surface area contributed by atoms with E-state index in [9.17, 15) is 24.0 Å². The SMILES string of the molecule is COC(=O)CC1C(=O)NCCN1C(=O)CCN1C(=O)NC2(CCCCC2)C1=O. The topological polar surface area (TPSA) is 125 Å². The average Bonchev–Trinajstić information content (AvgIpc) is 2.91. The van der Waals surface area contributed by atoms with Crippen molar-refractivity contribution < 1.29 is 28.7 Å². The number of piperazine rings is 1. The van der Waals surface area contributed by atoms with Crippen LogP contribution in [0.25, 0.3) is 0 Å². The lowest BCUT2D eigenvalue weighted by molar-refractivity contribution is -0.150. The summed E-state index contributed by atoms with van der Waals surface area (Å²) in [5.74, 6) is -1.66. The van der Waals surface area contributed by atoms with Gasteiger partial charge in [-0.2, -0.15) is 0 Å². The van der Waals surface area contributed by atoms with Gasteiger partial charge in [0, 0.05) is 26.1 Å². The fraction of sp³-hybridized carbons (Fsp3) is 0.722.